The molecule has 3 nitrogen and oxygen atoms in total. The Hall–Kier alpha value is -1.61. The van der Waals surface area contributed by atoms with Crippen molar-refractivity contribution in [2.45, 2.75) is 25.8 Å². The zero-order valence-corrected chi connectivity index (χ0v) is 11.7. The van der Waals surface area contributed by atoms with Crippen LogP contribution >= 0.6 is 0 Å². The summed E-state index contributed by atoms with van der Waals surface area (Å²) >= 11 is 0. The summed E-state index contributed by atoms with van der Waals surface area (Å²) < 4.78 is 2.07. The Balaban J connectivity index is 1.89. The van der Waals surface area contributed by atoms with Crippen molar-refractivity contribution in [3.05, 3.63) is 42.2 Å². The van der Waals surface area contributed by atoms with E-state index in [4.69, 9.17) is 0 Å². The molecule has 3 rings (SSSR count). The largest absolute Gasteiger partial charge is 0.334 e. The van der Waals surface area contributed by atoms with Crippen molar-refractivity contribution in [1.82, 2.24) is 14.5 Å². The minimum absolute atomic E-state index is 0.503. The molecular weight excluding hydrogens is 234 g/mol. The van der Waals surface area contributed by atoms with Crippen LogP contribution in [0.4, 0.5) is 0 Å². The van der Waals surface area contributed by atoms with Gasteiger partial charge in [0.15, 0.2) is 0 Å². The number of aromatic nitrogens is 2. The average molecular weight is 255 g/mol. The summed E-state index contributed by atoms with van der Waals surface area (Å²) in [4.78, 5) is 7.00. The molecule has 0 unspecified atom stereocenters. The number of rotatable bonds is 3. The molecule has 1 aliphatic rings. The third-order valence-electron chi connectivity index (χ3n) is 4.14. The molecule has 1 aromatic heterocycles. The maximum atomic E-state index is 4.43. The molecule has 0 spiro atoms. The maximum absolute atomic E-state index is 4.43. The van der Waals surface area contributed by atoms with E-state index in [-0.39, 0.29) is 0 Å². The number of hydrogen-bond donors (Lipinski definition) is 0. The molecule has 0 saturated carbocycles. The third-order valence-corrected chi connectivity index (χ3v) is 4.14. The Morgan fingerprint density at radius 1 is 1.21 bits per heavy atom. The summed E-state index contributed by atoms with van der Waals surface area (Å²) in [6.45, 7) is 4.77. The molecule has 0 aliphatic carbocycles. The molecule has 1 aliphatic heterocycles. The van der Waals surface area contributed by atoms with E-state index in [0.29, 0.717) is 6.04 Å². The van der Waals surface area contributed by atoms with Gasteiger partial charge >= 0.3 is 0 Å². The quantitative estimate of drug-likeness (QED) is 0.839. The van der Waals surface area contributed by atoms with E-state index in [1.165, 1.54) is 37.1 Å². The Bertz CT molecular complexity index is 553. The van der Waals surface area contributed by atoms with E-state index in [2.05, 4.69) is 45.6 Å². The Labute approximate surface area is 114 Å². The second kappa shape index (κ2) is 5.17. The number of benzene rings is 1. The molecule has 1 atom stereocenters. The van der Waals surface area contributed by atoms with Crippen LogP contribution in [-0.4, -0.2) is 27.5 Å². The summed E-state index contributed by atoms with van der Waals surface area (Å²) in [7, 11) is 2.04. The number of aryl methyl sites for hydroxylation is 1. The average Bonchev–Trinajstić information content (AvgIpc) is 3.09. The van der Waals surface area contributed by atoms with E-state index in [1.54, 1.807) is 0 Å². The van der Waals surface area contributed by atoms with Crippen molar-refractivity contribution in [1.29, 1.82) is 0 Å². The number of hydrogen-bond acceptors (Lipinski definition) is 2. The lowest BCUT2D eigenvalue weighted by Gasteiger charge is -2.24. The summed E-state index contributed by atoms with van der Waals surface area (Å²) in [6, 6.07) is 9.30. The van der Waals surface area contributed by atoms with Crippen molar-refractivity contribution in [3.8, 4) is 11.4 Å². The fourth-order valence-corrected chi connectivity index (χ4v) is 2.92. The van der Waals surface area contributed by atoms with Crippen LogP contribution in [0.2, 0.25) is 0 Å². The van der Waals surface area contributed by atoms with E-state index in [1.807, 2.05) is 19.4 Å². The first kappa shape index (κ1) is 12.4. The predicted molar refractivity (Wildman–Crippen MR) is 77.9 cm³/mol. The van der Waals surface area contributed by atoms with Crippen LogP contribution in [0.15, 0.2) is 36.7 Å². The lowest BCUT2D eigenvalue weighted by atomic mass is 10.0. The van der Waals surface area contributed by atoms with Crippen molar-refractivity contribution in [3.63, 3.8) is 0 Å². The first-order chi connectivity index (χ1) is 9.25. The number of likely N-dealkylation sites (tertiary alicyclic amines) is 1. The van der Waals surface area contributed by atoms with Crippen molar-refractivity contribution in [2.75, 3.05) is 13.1 Å². The van der Waals surface area contributed by atoms with Gasteiger partial charge in [-0.15, -0.1) is 0 Å². The molecule has 2 heterocycles. The molecule has 2 aromatic rings. The normalized spacial score (nSPS) is 17.8. The summed E-state index contributed by atoms with van der Waals surface area (Å²) in [5.41, 5.74) is 2.60. The van der Waals surface area contributed by atoms with Crippen molar-refractivity contribution in [2.24, 2.45) is 7.05 Å². The molecule has 1 fully saturated rings. The first-order valence-electron chi connectivity index (χ1n) is 7.07. The Kier molecular flexibility index (Phi) is 3.38. The van der Waals surface area contributed by atoms with Crippen LogP contribution in [0.1, 0.15) is 31.4 Å². The van der Waals surface area contributed by atoms with Gasteiger partial charge in [-0.3, -0.25) is 4.90 Å². The van der Waals surface area contributed by atoms with Crippen LogP contribution in [0, 0.1) is 0 Å². The molecule has 0 amide bonds. The standard InChI is InChI=1S/C16H21N3/c1-13(19-9-3-4-10-19)14-6-5-7-15(12-14)16-17-8-11-18(16)2/h5-8,11-13H,3-4,9-10H2,1-2H3/t13-/m1/s1. The van der Waals surface area contributed by atoms with Gasteiger partial charge in [-0.25, -0.2) is 4.98 Å². The van der Waals surface area contributed by atoms with Gasteiger partial charge in [-0.2, -0.15) is 0 Å². The lowest BCUT2D eigenvalue weighted by molar-refractivity contribution is 0.263. The van der Waals surface area contributed by atoms with Gasteiger partial charge in [0, 0.05) is 31.0 Å². The molecule has 0 N–H and O–H groups in total. The predicted octanol–water partition coefficient (Wildman–Crippen LogP) is 3.24. The maximum Gasteiger partial charge on any atom is 0.139 e. The minimum atomic E-state index is 0.503. The molecule has 100 valence electrons. The van der Waals surface area contributed by atoms with Crippen molar-refractivity contribution < 1.29 is 0 Å². The minimum Gasteiger partial charge on any atom is -0.334 e. The van der Waals surface area contributed by atoms with E-state index in [0.717, 1.165) is 5.82 Å². The summed E-state index contributed by atoms with van der Waals surface area (Å²) in [6.07, 6.45) is 6.52. The van der Waals surface area contributed by atoms with Crippen LogP contribution in [0.3, 0.4) is 0 Å². The second-order valence-corrected chi connectivity index (χ2v) is 5.41. The molecular formula is C16H21N3. The van der Waals surface area contributed by atoms with Gasteiger partial charge in [0.2, 0.25) is 0 Å². The zero-order valence-electron chi connectivity index (χ0n) is 11.7. The Morgan fingerprint density at radius 2 is 2.00 bits per heavy atom. The zero-order chi connectivity index (χ0) is 13.2. The monoisotopic (exact) mass is 255 g/mol. The SMILES string of the molecule is C[C@H](c1cccc(-c2nccn2C)c1)N1CCCC1. The number of imidazole rings is 1. The highest BCUT2D eigenvalue weighted by atomic mass is 15.2. The second-order valence-electron chi connectivity index (χ2n) is 5.41. The van der Waals surface area contributed by atoms with Gasteiger partial charge in [0.1, 0.15) is 5.82 Å². The van der Waals surface area contributed by atoms with Crippen molar-refractivity contribution >= 4 is 0 Å². The molecule has 1 aromatic carbocycles. The molecule has 1 saturated heterocycles. The van der Waals surface area contributed by atoms with Crippen LogP contribution in [0.5, 0.6) is 0 Å². The fraction of sp³-hybridized carbons (Fsp3) is 0.438. The van der Waals surface area contributed by atoms with E-state index in [9.17, 15) is 0 Å². The van der Waals surface area contributed by atoms with Gasteiger partial charge in [0.25, 0.3) is 0 Å². The molecule has 3 heteroatoms. The van der Waals surface area contributed by atoms with Crippen LogP contribution in [-0.2, 0) is 7.05 Å². The Morgan fingerprint density at radius 3 is 2.68 bits per heavy atom. The summed E-state index contributed by atoms with van der Waals surface area (Å²) in [5, 5.41) is 0. The summed E-state index contributed by atoms with van der Waals surface area (Å²) in [5.74, 6) is 1.04. The molecule has 0 radical (unpaired) electrons. The third kappa shape index (κ3) is 2.43. The van der Waals surface area contributed by atoms with Crippen LogP contribution in [0.25, 0.3) is 11.4 Å². The lowest BCUT2D eigenvalue weighted by Crippen LogP contribution is -2.23. The number of nitrogens with zero attached hydrogens (tertiary/aromatic N) is 3. The first-order valence-corrected chi connectivity index (χ1v) is 7.07. The van der Waals surface area contributed by atoms with Gasteiger partial charge in [-0.05, 0) is 44.5 Å². The molecule has 19 heavy (non-hydrogen) atoms. The fourth-order valence-electron chi connectivity index (χ4n) is 2.92. The van der Waals surface area contributed by atoms with Gasteiger partial charge in [0.05, 0.1) is 0 Å². The highest BCUT2D eigenvalue weighted by Crippen LogP contribution is 2.27. The molecule has 0 bridgehead atoms. The van der Waals surface area contributed by atoms with Crippen LogP contribution < -0.4 is 0 Å². The van der Waals surface area contributed by atoms with E-state index < -0.39 is 0 Å². The van der Waals surface area contributed by atoms with Gasteiger partial charge in [-0.1, -0.05) is 18.2 Å². The highest BCUT2D eigenvalue weighted by Gasteiger charge is 2.19. The smallest absolute Gasteiger partial charge is 0.139 e. The van der Waals surface area contributed by atoms with E-state index >= 15 is 0 Å². The topological polar surface area (TPSA) is 21.1 Å². The highest BCUT2D eigenvalue weighted by molar-refractivity contribution is 5.56. The van der Waals surface area contributed by atoms with Gasteiger partial charge < -0.3 is 4.57 Å².